The average Bonchev–Trinajstić information content (AvgIpc) is 2.38. The van der Waals surface area contributed by atoms with E-state index in [9.17, 15) is 9.59 Å². The number of carbonyl (C=O) groups excluding carboxylic acids is 2. The average molecular weight is 279 g/mol. The minimum atomic E-state index is -0.696. The highest BCUT2D eigenvalue weighted by Gasteiger charge is 2.18. The van der Waals surface area contributed by atoms with Crippen molar-refractivity contribution < 1.29 is 19.4 Å². The number of hydrogen-bond donors (Lipinski definition) is 2. The fourth-order valence-corrected chi connectivity index (χ4v) is 1.60. The molecule has 0 fully saturated rings. The molecule has 0 aliphatic heterocycles. The van der Waals surface area contributed by atoms with E-state index in [2.05, 4.69) is 5.32 Å². The fraction of sp³-hybridized carbons (Fsp3) is 0.467. The van der Waals surface area contributed by atoms with E-state index in [4.69, 9.17) is 9.84 Å². The number of ether oxygens (including phenoxy) is 1. The molecular formula is C15H21NO4. The number of amides is 1. The number of carbonyl (C=O) groups is 2. The molecule has 0 spiro atoms. The zero-order valence-electron chi connectivity index (χ0n) is 12.1. The number of rotatable bonds is 6. The van der Waals surface area contributed by atoms with E-state index in [0.717, 1.165) is 5.56 Å². The second-order valence-corrected chi connectivity index (χ2v) is 5.11. The van der Waals surface area contributed by atoms with E-state index in [1.807, 2.05) is 13.8 Å². The third-order valence-corrected chi connectivity index (χ3v) is 2.65. The molecule has 1 amide bonds. The topological polar surface area (TPSA) is 75.6 Å². The molecule has 0 bridgehead atoms. The Labute approximate surface area is 118 Å². The molecule has 1 rings (SSSR count). The number of hydrogen-bond acceptors (Lipinski definition) is 4. The maximum absolute atomic E-state index is 11.8. The lowest BCUT2D eigenvalue weighted by Gasteiger charge is -2.14. The Bertz CT molecular complexity index is 453. The molecule has 0 heterocycles. The van der Waals surface area contributed by atoms with Crippen LogP contribution < -0.4 is 10.1 Å². The smallest absolute Gasteiger partial charge is 0.333 e. The molecular weight excluding hydrogens is 258 g/mol. The second-order valence-electron chi connectivity index (χ2n) is 5.11. The van der Waals surface area contributed by atoms with Gasteiger partial charge in [-0.05, 0) is 30.5 Å². The van der Waals surface area contributed by atoms with Crippen molar-refractivity contribution >= 4 is 11.9 Å². The van der Waals surface area contributed by atoms with Crippen LogP contribution in [0.4, 0.5) is 0 Å². The Balaban J connectivity index is 2.50. The van der Waals surface area contributed by atoms with E-state index in [-0.39, 0.29) is 18.4 Å². The summed E-state index contributed by atoms with van der Waals surface area (Å²) in [6.07, 6.45) is 0.378. The normalized spacial score (nSPS) is 12.1. The fourth-order valence-electron chi connectivity index (χ4n) is 1.60. The van der Waals surface area contributed by atoms with Gasteiger partial charge in [0.1, 0.15) is 11.8 Å². The van der Waals surface area contributed by atoms with Crippen LogP contribution in [0.15, 0.2) is 24.3 Å². The third-order valence-electron chi connectivity index (χ3n) is 2.65. The van der Waals surface area contributed by atoms with Crippen LogP contribution in [0.3, 0.4) is 0 Å². The van der Waals surface area contributed by atoms with Crippen LogP contribution in [-0.4, -0.2) is 23.0 Å². The molecule has 5 heteroatoms. The predicted octanol–water partition coefficient (Wildman–Crippen LogP) is 1.64. The molecule has 0 aliphatic rings. The second kappa shape index (κ2) is 7.65. The van der Waals surface area contributed by atoms with E-state index in [1.54, 1.807) is 31.2 Å². The molecule has 1 aromatic carbocycles. The molecule has 5 nitrogen and oxygen atoms in total. The van der Waals surface area contributed by atoms with Crippen LogP contribution in [0.5, 0.6) is 5.75 Å². The van der Waals surface area contributed by atoms with Gasteiger partial charge in [0.05, 0.1) is 6.61 Å². The number of esters is 1. The van der Waals surface area contributed by atoms with Gasteiger partial charge in [-0.2, -0.15) is 0 Å². The SMILES string of the molecule is CC(C)CC(=O)NC(C)C(=O)Oc1ccc(CO)cc1. The van der Waals surface area contributed by atoms with Gasteiger partial charge in [-0.1, -0.05) is 26.0 Å². The highest BCUT2D eigenvalue weighted by atomic mass is 16.5. The van der Waals surface area contributed by atoms with Gasteiger partial charge in [-0.25, -0.2) is 4.79 Å². The molecule has 0 radical (unpaired) electrons. The van der Waals surface area contributed by atoms with Crippen LogP contribution in [0.25, 0.3) is 0 Å². The first kappa shape index (κ1) is 16.2. The first-order valence-electron chi connectivity index (χ1n) is 6.63. The van der Waals surface area contributed by atoms with Gasteiger partial charge < -0.3 is 15.2 Å². The first-order chi connectivity index (χ1) is 9.42. The van der Waals surface area contributed by atoms with Crippen LogP contribution in [0.2, 0.25) is 0 Å². The van der Waals surface area contributed by atoms with Crippen molar-refractivity contribution in [2.45, 2.75) is 39.8 Å². The third kappa shape index (κ3) is 5.40. The predicted molar refractivity (Wildman–Crippen MR) is 75.1 cm³/mol. The van der Waals surface area contributed by atoms with Crippen molar-refractivity contribution in [3.63, 3.8) is 0 Å². The van der Waals surface area contributed by atoms with Crippen LogP contribution in [0, 0.1) is 5.92 Å². The van der Waals surface area contributed by atoms with Crippen molar-refractivity contribution in [3.05, 3.63) is 29.8 Å². The lowest BCUT2D eigenvalue weighted by molar-refractivity contribution is -0.139. The zero-order valence-corrected chi connectivity index (χ0v) is 12.1. The molecule has 1 aromatic rings. The van der Waals surface area contributed by atoms with Gasteiger partial charge in [0.2, 0.25) is 5.91 Å². The maximum atomic E-state index is 11.8. The lowest BCUT2D eigenvalue weighted by Crippen LogP contribution is -2.41. The standard InChI is InChI=1S/C15H21NO4/c1-10(2)8-14(18)16-11(3)15(19)20-13-6-4-12(9-17)5-7-13/h4-7,10-11,17H,8-9H2,1-3H3,(H,16,18). The molecule has 20 heavy (non-hydrogen) atoms. The maximum Gasteiger partial charge on any atom is 0.333 e. The molecule has 0 aromatic heterocycles. The molecule has 0 saturated heterocycles. The van der Waals surface area contributed by atoms with E-state index in [0.29, 0.717) is 12.2 Å². The van der Waals surface area contributed by atoms with Gasteiger partial charge >= 0.3 is 5.97 Å². The van der Waals surface area contributed by atoms with Crippen molar-refractivity contribution in [2.24, 2.45) is 5.92 Å². The van der Waals surface area contributed by atoms with Crippen molar-refractivity contribution in [1.29, 1.82) is 0 Å². The van der Waals surface area contributed by atoms with Gasteiger partial charge in [0.15, 0.2) is 0 Å². The molecule has 2 N–H and O–H groups in total. The zero-order chi connectivity index (χ0) is 15.1. The van der Waals surface area contributed by atoms with Crippen molar-refractivity contribution in [2.75, 3.05) is 0 Å². The van der Waals surface area contributed by atoms with Crippen LogP contribution in [-0.2, 0) is 16.2 Å². The minimum absolute atomic E-state index is 0.0596. The Morgan fingerprint density at radius 1 is 1.20 bits per heavy atom. The molecule has 0 aliphatic carbocycles. The van der Waals surface area contributed by atoms with Gasteiger partial charge in [-0.3, -0.25) is 4.79 Å². The summed E-state index contributed by atoms with van der Waals surface area (Å²) in [7, 11) is 0. The summed E-state index contributed by atoms with van der Waals surface area (Å²) < 4.78 is 5.15. The van der Waals surface area contributed by atoms with E-state index in [1.165, 1.54) is 0 Å². The Morgan fingerprint density at radius 3 is 2.30 bits per heavy atom. The summed E-state index contributed by atoms with van der Waals surface area (Å²) in [5, 5.41) is 11.5. The Kier molecular flexibility index (Phi) is 6.18. The Hall–Kier alpha value is -1.88. The van der Waals surface area contributed by atoms with Crippen molar-refractivity contribution in [1.82, 2.24) is 5.32 Å². The quantitative estimate of drug-likeness (QED) is 0.613. The summed E-state index contributed by atoms with van der Waals surface area (Å²) in [5.74, 6) is -0.0552. The van der Waals surface area contributed by atoms with E-state index >= 15 is 0 Å². The summed E-state index contributed by atoms with van der Waals surface area (Å²) >= 11 is 0. The number of benzene rings is 1. The number of nitrogens with one attached hydrogen (secondary N) is 1. The van der Waals surface area contributed by atoms with E-state index < -0.39 is 12.0 Å². The van der Waals surface area contributed by atoms with Crippen LogP contribution in [0.1, 0.15) is 32.8 Å². The molecule has 110 valence electrons. The summed E-state index contributed by atoms with van der Waals surface area (Å²) in [5.41, 5.74) is 0.739. The van der Waals surface area contributed by atoms with Gasteiger partial charge in [-0.15, -0.1) is 0 Å². The summed E-state index contributed by atoms with van der Waals surface area (Å²) in [6, 6.07) is 5.85. The minimum Gasteiger partial charge on any atom is -0.425 e. The summed E-state index contributed by atoms with van der Waals surface area (Å²) in [4.78, 5) is 23.4. The van der Waals surface area contributed by atoms with Gasteiger partial charge in [0, 0.05) is 6.42 Å². The number of aliphatic hydroxyl groups excluding tert-OH is 1. The van der Waals surface area contributed by atoms with Crippen LogP contribution >= 0.6 is 0 Å². The highest BCUT2D eigenvalue weighted by molar-refractivity contribution is 5.85. The van der Waals surface area contributed by atoms with Gasteiger partial charge in [0.25, 0.3) is 0 Å². The molecule has 0 saturated carbocycles. The first-order valence-corrected chi connectivity index (χ1v) is 6.63. The molecule has 1 unspecified atom stereocenters. The monoisotopic (exact) mass is 279 g/mol. The van der Waals surface area contributed by atoms with Crippen molar-refractivity contribution in [3.8, 4) is 5.75 Å². The Morgan fingerprint density at radius 2 is 1.80 bits per heavy atom. The number of aliphatic hydroxyl groups is 1. The lowest BCUT2D eigenvalue weighted by atomic mass is 10.1. The highest BCUT2D eigenvalue weighted by Crippen LogP contribution is 2.13. The molecule has 1 atom stereocenters. The largest absolute Gasteiger partial charge is 0.425 e. The summed E-state index contributed by atoms with van der Waals surface area (Å²) in [6.45, 7) is 5.40.